The largest absolute Gasteiger partial charge is 0.481 e. The first-order valence-corrected chi connectivity index (χ1v) is 10.7. The van der Waals surface area contributed by atoms with Crippen LogP contribution >= 0.6 is 0 Å². The van der Waals surface area contributed by atoms with Crippen molar-refractivity contribution in [1.82, 2.24) is 25.9 Å². The second-order valence-corrected chi connectivity index (χ2v) is 8.18. The summed E-state index contributed by atoms with van der Waals surface area (Å²) in [5.74, 6) is -6.69. The number of primary amides is 1. The highest BCUT2D eigenvalue weighted by Gasteiger charge is 2.32. The van der Waals surface area contributed by atoms with E-state index in [4.69, 9.17) is 16.6 Å². The first-order valence-electron chi connectivity index (χ1n) is 10.7. The number of amides is 4. The third-order valence-electron chi connectivity index (χ3n) is 4.88. The minimum absolute atomic E-state index is 0.0701. The molecule has 0 saturated carbocycles. The predicted molar refractivity (Wildman–Crippen MR) is 119 cm³/mol. The van der Waals surface area contributed by atoms with E-state index in [1.807, 2.05) is 0 Å². The van der Waals surface area contributed by atoms with Gasteiger partial charge in [-0.1, -0.05) is 13.8 Å². The third-order valence-corrected chi connectivity index (χ3v) is 4.88. The molecule has 0 aromatic carbocycles. The molecule has 10 N–H and O–H groups in total. The van der Waals surface area contributed by atoms with E-state index in [-0.39, 0.29) is 12.8 Å². The van der Waals surface area contributed by atoms with E-state index >= 15 is 0 Å². The van der Waals surface area contributed by atoms with Gasteiger partial charge in [0.25, 0.3) is 0 Å². The van der Waals surface area contributed by atoms with Gasteiger partial charge in [0.15, 0.2) is 0 Å². The second-order valence-electron chi connectivity index (χ2n) is 8.18. The van der Waals surface area contributed by atoms with Gasteiger partial charge in [0.1, 0.15) is 18.1 Å². The van der Waals surface area contributed by atoms with E-state index in [0.29, 0.717) is 5.69 Å². The van der Waals surface area contributed by atoms with E-state index in [0.717, 1.165) is 0 Å². The van der Waals surface area contributed by atoms with Crippen molar-refractivity contribution >= 4 is 35.6 Å². The summed E-state index contributed by atoms with van der Waals surface area (Å²) < 4.78 is 0. The highest BCUT2D eigenvalue weighted by molar-refractivity contribution is 5.96. The first-order chi connectivity index (χ1) is 16.3. The summed E-state index contributed by atoms with van der Waals surface area (Å²) in [5, 5.41) is 24.9. The van der Waals surface area contributed by atoms with Gasteiger partial charge in [-0.3, -0.25) is 24.0 Å². The predicted octanol–water partition coefficient (Wildman–Crippen LogP) is -2.79. The number of hydrogen-bond acceptors (Lipinski definition) is 8. The smallest absolute Gasteiger partial charge is 0.326 e. The van der Waals surface area contributed by atoms with E-state index in [9.17, 15) is 33.9 Å². The lowest BCUT2D eigenvalue weighted by atomic mass is 10.0. The number of aromatic amines is 1. The number of carboxylic acids is 2. The Hall–Kier alpha value is -4.01. The van der Waals surface area contributed by atoms with Gasteiger partial charge in [-0.15, -0.1) is 0 Å². The average molecular weight is 498 g/mol. The zero-order valence-electron chi connectivity index (χ0n) is 19.3. The number of rotatable bonds is 15. The van der Waals surface area contributed by atoms with Gasteiger partial charge in [-0.2, -0.15) is 0 Å². The lowest BCUT2D eigenvalue weighted by Gasteiger charge is -2.26. The molecule has 15 heteroatoms. The summed E-state index contributed by atoms with van der Waals surface area (Å²) in [5.41, 5.74) is 11.6. The minimum Gasteiger partial charge on any atom is -0.481 e. The maximum atomic E-state index is 12.8. The molecule has 0 spiro atoms. The Balaban J connectivity index is 2.91. The standard InChI is InChI=1S/C20H31N7O8/c1-9(2)16(19(33)25-12(20(34)35)3-4-15(29)30)27-18(32)13(6-14(22)28)26-17(31)11(21)5-10-7-23-8-24-10/h7-9,11-13,16H,3-6,21H2,1-2H3,(H2,22,28)(H,23,24)(H,25,33)(H,26,31)(H,27,32)(H,29,30)(H,34,35). The summed E-state index contributed by atoms with van der Waals surface area (Å²) in [6, 6.07) is -5.31. The normalized spacial score (nSPS) is 14.3. The molecule has 1 aromatic rings. The van der Waals surface area contributed by atoms with Crippen LogP contribution in [0.3, 0.4) is 0 Å². The fourth-order valence-corrected chi connectivity index (χ4v) is 2.99. The molecule has 0 aliphatic rings. The maximum Gasteiger partial charge on any atom is 0.326 e. The van der Waals surface area contributed by atoms with Crippen molar-refractivity contribution in [2.75, 3.05) is 0 Å². The molecule has 4 amide bonds. The molecule has 0 aliphatic heterocycles. The van der Waals surface area contributed by atoms with Crippen molar-refractivity contribution < 1.29 is 39.0 Å². The maximum absolute atomic E-state index is 12.8. The molecular formula is C20H31N7O8. The zero-order chi connectivity index (χ0) is 26.7. The topological polar surface area (TPSA) is 260 Å². The molecule has 0 radical (unpaired) electrons. The van der Waals surface area contributed by atoms with Crippen LogP contribution in [-0.2, 0) is 35.2 Å². The summed E-state index contributed by atoms with van der Waals surface area (Å²) >= 11 is 0. The van der Waals surface area contributed by atoms with Crippen LogP contribution in [0.1, 0.15) is 38.8 Å². The number of aliphatic carboxylic acids is 2. The Morgan fingerprint density at radius 2 is 1.63 bits per heavy atom. The van der Waals surface area contributed by atoms with E-state index in [2.05, 4.69) is 25.9 Å². The molecule has 1 rings (SSSR count). The Morgan fingerprint density at radius 1 is 1.00 bits per heavy atom. The average Bonchev–Trinajstić information content (AvgIpc) is 3.26. The Morgan fingerprint density at radius 3 is 2.11 bits per heavy atom. The number of carboxylic acid groups (broad SMARTS) is 2. The van der Waals surface area contributed by atoms with Gasteiger partial charge in [0.2, 0.25) is 23.6 Å². The number of nitrogens with zero attached hydrogens (tertiary/aromatic N) is 1. The molecule has 15 nitrogen and oxygen atoms in total. The van der Waals surface area contributed by atoms with Crippen LogP contribution in [0.5, 0.6) is 0 Å². The quantitative estimate of drug-likeness (QED) is 0.123. The number of H-pyrrole nitrogens is 1. The van der Waals surface area contributed by atoms with Crippen molar-refractivity contribution in [2.45, 2.75) is 63.7 Å². The van der Waals surface area contributed by atoms with Crippen molar-refractivity contribution in [3.8, 4) is 0 Å². The number of hydrogen-bond donors (Lipinski definition) is 8. The lowest BCUT2D eigenvalue weighted by molar-refractivity contribution is -0.144. The van der Waals surface area contributed by atoms with Gasteiger partial charge in [-0.05, 0) is 12.3 Å². The van der Waals surface area contributed by atoms with E-state index in [1.165, 1.54) is 12.5 Å². The molecular weight excluding hydrogens is 466 g/mol. The number of carbonyl (C=O) groups excluding carboxylic acids is 4. The van der Waals surface area contributed by atoms with Crippen LogP contribution < -0.4 is 27.4 Å². The molecule has 1 heterocycles. The van der Waals surface area contributed by atoms with Crippen molar-refractivity contribution in [2.24, 2.45) is 17.4 Å². The zero-order valence-corrected chi connectivity index (χ0v) is 19.3. The molecule has 35 heavy (non-hydrogen) atoms. The van der Waals surface area contributed by atoms with Crippen LogP contribution in [0.15, 0.2) is 12.5 Å². The molecule has 0 fully saturated rings. The van der Waals surface area contributed by atoms with E-state index in [1.54, 1.807) is 13.8 Å². The van der Waals surface area contributed by atoms with Gasteiger partial charge < -0.3 is 42.6 Å². The number of aromatic nitrogens is 2. The summed E-state index contributed by atoms with van der Waals surface area (Å²) in [6.07, 6.45) is 1.48. The molecule has 0 aliphatic carbocycles. The van der Waals surface area contributed by atoms with Crippen LogP contribution in [-0.4, -0.2) is 79.9 Å². The van der Waals surface area contributed by atoms with Gasteiger partial charge in [0.05, 0.1) is 18.8 Å². The summed E-state index contributed by atoms with van der Waals surface area (Å²) in [7, 11) is 0. The summed E-state index contributed by atoms with van der Waals surface area (Å²) in [6.45, 7) is 3.14. The van der Waals surface area contributed by atoms with E-state index < -0.39 is 78.5 Å². The number of carbonyl (C=O) groups is 6. The molecule has 4 atom stereocenters. The fourth-order valence-electron chi connectivity index (χ4n) is 2.99. The van der Waals surface area contributed by atoms with Gasteiger partial charge in [-0.25, -0.2) is 9.78 Å². The van der Waals surface area contributed by atoms with Crippen LogP contribution in [0.4, 0.5) is 0 Å². The van der Waals surface area contributed by atoms with Gasteiger partial charge >= 0.3 is 11.9 Å². The van der Waals surface area contributed by atoms with Crippen LogP contribution in [0, 0.1) is 5.92 Å². The van der Waals surface area contributed by atoms with Crippen molar-refractivity contribution in [1.29, 1.82) is 0 Å². The fraction of sp³-hybridized carbons (Fsp3) is 0.550. The SMILES string of the molecule is CC(C)C(NC(=O)C(CC(N)=O)NC(=O)C(N)Cc1cnc[nH]1)C(=O)NC(CCC(=O)O)C(=O)O. The van der Waals surface area contributed by atoms with Crippen LogP contribution in [0.25, 0.3) is 0 Å². The highest BCUT2D eigenvalue weighted by atomic mass is 16.4. The Labute approximate surface area is 200 Å². The molecule has 0 bridgehead atoms. The van der Waals surface area contributed by atoms with Gasteiger partial charge in [0, 0.05) is 24.7 Å². The molecule has 0 saturated heterocycles. The number of nitrogens with one attached hydrogen (secondary N) is 4. The number of imidazole rings is 1. The van der Waals surface area contributed by atoms with Crippen LogP contribution in [0.2, 0.25) is 0 Å². The molecule has 1 aromatic heterocycles. The molecule has 194 valence electrons. The lowest BCUT2D eigenvalue weighted by Crippen LogP contribution is -2.59. The number of nitrogens with two attached hydrogens (primary N) is 2. The third kappa shape index (κ3) is 10.2. The highest BCUT2D eigenvalue weighted by Crippen LogP contribution is 2.07. The Bertz CT molecular complexity index is 919. The minimum atomic E-state index is -1.50. The second kappa shape index (κ2) is 13.6. The Kier molecular flexibility index (Phi) is 11.3. The summed E-state index contributed by atoms with van der Waals surface area (Å²) in [4.78, 5) is 78.2. The van der Waals surface area contributed by atoms with Crippen molar-refractivity contribution in [3.05, 3.63) is 18.2 Å². The first kappa shape index (κ1) is 29.0. The monoisotopic (exact) mass is 497 g/mol. The van der Waals surface area contributed by atoms with Crippen molar-refractivity contribution in [3.63, 3.8) is 0 Å². The molecule has 4 unspecified atom stereocenters.